The van der Waals surface area contributed by atoms with Gasteiger partial charge in [-0.3, -0.25) is 9.69 Å². The summed E-state index contributed by atoms with van der Waals surface area (Å²) in [5, 5.41) is 12.5. The molecule has 0 aliphatic carbocycles. The summed E-state index contributed by atoms with van der Waals surface area (Å²) in [4.78, 5) is 25.4. The van der Waals surface area contributed by atoms with Crippen molar-refractivity contribution >= 4 is 28.0 Å². The second-order valence-electron chi connectivity index (χ2n) is 6.86. The van der Waals surface area contributed by atoms with Crippen LogP contribution >= 0.6 is 0 Å². The topological polar surface area (TPSA) is 99.1 Å². The number of pyridine rings is 1. The van der Waals surface area contributed by atoms with E-state index in [1.54, 1.807) is 17.3 Å². The number of amides is 1. The summed E-state index contributed by atoms with van der Waals surface area (Å²) in [5.74, 6) is -0.160. The molecule has 8 nitrogen and oxygen atoms in total. The van der Waals surface area contributed by atoms with Gasteiger partial charge in [0.05, 0.1) is 18.3 Å². The predicted octanol–water partition coefficient (Wildman–Crippen LogP) is 1.33. The van der Waals surface area contributed by atoms with Gasteiger partial charge in [-0.15, -0.1) is 0 Å². The molecular weight excluding hydrogens is 377 g/mol. The number of imidazole rings is 1. The SMILES string of the molecule is O=C(CN1CCC(n2c(CO)nc3cnc4[nH]ccc4c32)C1)NCC(F)(F)F. The Morgan fingerprint density at radius 3 is 3.00 bits per heavy atom. The second-order valence-corrected chi connectivity index (χ2v) is 6.86. The average Bonchev–Trinajstić information content (AvgIpc) is 3.35. The van der Waals surface area contributed by atoms with Crippen molar-refractivity contribution in [1.82, 2.24) is 29.7 Å². The Morgan fingerprint density at radius 2 is 2.25 bits per heavy atom. The van der Waals surface area contributed by atoms with E-state index in [2.05, 4.69) is 15.0 Å². The molecule has 150 valence electrons. The lowest BCUT2D eigenvalue weighted by atomic mass is 10.2. The van der Waals surface area contributed by atoms with Gasteiger partial charge in [-0.25, -0.2) is 9.97 Å². The molecule has 1 fully saturated rings. The van der Waals surface area contributed by atoms with Crippen molar-refractivity contribution in [2.24, 2.45) is 0 Å². The molecule has 0 saturated carbocycles. The van der Waals surface area contributed by atoms with Gasteiger partial charge >= 0.3 is 6.18 Å². The van der Waals surface area contributed by atoms with Crippen LogP contribution in [0.3, 0.4) is 0 Å². The van der Waals surface area contributed by atoms with Gasteiger partial charge in [-0.05, 0) is 12.5 Å². The molecule has 0 bridgehead atoms. The van der Waals surface area contributed by atoms with Crippen molar-refractivity contribution in [1.29, 1.82) is 0 Å². The third kappa shape index (κ3) is 3.54. The van der Waals surface area contributed by atoms with Gasteiger partial charge in [-0.2, -0.15) is 13.2 Å². The van der Waals surface area contributed by atoms with Crippen LogP contribution in [0.25, 0.3) is 22.1 Å². The fourth-order valence-corrected chi connectivity index (χ4v) is 3.77. The molecule has 1 amide bonds. The van der Waals surface area contributed by atoms with E-state index in [1.165, 1.54) is 0 Å². The summed E-state index contributed by atoms with van der Waals surface area (Å²) >= 11 is 0. The fourth-order valence-electron chi connectivity index (χ4n) is 3.77. The number of carbonyl (C=O) groups excluding carboxylic acids is 1. The van der Waals surface area contributed by atoms with Crippen LogP contribution in [0.1, 0.15) is 18.3 Å². The molecule has 11 heteroatoms. The molecule has 0 radical (unpaired) electrons. The first-order valence-corrected chi connectivity index (χ1v) is 8.85. The number of likely N-dealkylation sites (tertiary alicyclic amines) is 1. The van der Waals surface area contributed by atoms with E-state index in [-0.39, 0.29) is 19.2 Å². The maximum absolute atomic E-state index is 12.2. The zero-order chi connectivity index (χ0) is 19.9. The Kier molecular flexibility index (Phi) is 4.71. The minimum atomic E-state index is -4.43. The lowest BCUT2D eigenvalue weighted by Crippen LogP contribution is -2.40. The number of hydrogen-bond acceptors (Lipinski definition) is 5. The van der Waals surface area contributed by atoms with Crippen molar-refractivity contribution in [2.45, 2.75) is 25.2 Å². The van der Waals surface area contributed by atoms with Crippen LogP contribution in [0, 0.1) is 0 Å². The van der Waals surface area contributed by atoms with Crippen LogP contribution in [-0.2, 0) is 11.4 Å². The standard InChI is InChI=1S/C17H19F3N6O2/c18-17(19,20)9-23-14(28)7-25-4-2-10(6-25)26-13(8-27)24-12-5-22-16-11(15(12)26)1-3-21-16/h1,3,5,10,27H,2,4,6-9H2,(H,21,22)(H,23,28). The highest BCUT2D eigenvalue weighted by molar-refractivity contribution is 6.01. The van der Waals surface area contributed by atoms with E-state index in [9.17, 15) is 23.1 Å². The molecule has 1 aliphatic heterocycles. The zero-order valence-electron chi connectivity index (χ0n) is 14.8. The fraction of sp³-hybridized carbons (Fsp3) is 0.471. The van der Waals surface area contributed by atoms with Crippen molar-refractivity contribution in [2.75, 3.05) is 26.2 Å². The molecular formula is C17H19F3N6O2. The highest BCUT2D eigenvalue weighted by Gasteiger charge is 2.31. The van der Waals surface area contributed by atoms with Crippen molar-refractivity contribution in [3.05, 3.63) is 24.3 Å². The van der Waals surface area contributed by atoms with E-state index in [1.807, 2.05) is 16.0 Å². The highest BCUT2D eigenvalue weighted by Crippen LogP contribution is 2.31. The largest absolute Gasteiger partial charge is 0.405 e. The Labute approximate surface area is 157 Å². The van der Waals surface area contributed by atoms with Gasteiger partial charge in [0.25, 0.3) is 0 Å². The van der Waals surface area contributed by atoms with Crippen LogP contribution in [0.15, 0.2) is 18.5 Å². The van der Waals surface area contributed by atoms with Crippen LogP contribution in [0.4, 0.5) is 13.2 Å². The number of hydrogen-bond donors (Lipinski definition) is 3. The Balaban J connectivity index is 1.55. The number of aromatic amines is 1. The van der Waals surface area contributed by atoms with E-state index in [0.717, 1.165) is 10.9 Å². The highest BCUT2D eigenvalue weighted by atomic mass is 19.4. The summed E-state index contributed by atoms with van der Waals surface area (Å²) in [6, 6.07) is 1.84. The van der Waals surface area contributed by atoms with E-state index >= 15 is 0 Å². The molecule has 28 heavy (non-hydrogen) atoms. The lowest BCUT2D eigenvalue weighted by molar-refractivity contribution is -0.138. The van der Waals surface area contributed by atoms with Crippen molar-refractivity contribution < 1.29 is 23.1 Å². The molecule has 1 atom stereocenters. The number of halogens is 3. The molecule has 0 spiro atoms. The van der Waals surface area contributed by atoms with E-state index in [4.69, 9.17) is 0 Å². The molecule has 3 aromatic rings. The number of aliphatic hydroxyl groups is 1. The first-order valence-electron chi connectivity index (χ1n) is 8.85. The average molecular weight is 396 g/mol. The van der Waals surface area contributed by atoms with Gasteiger partial charge in [0.1, 0.15) is 30.1 Å². The number of fused-ring (bicyclic) bond motifs is 3. The third-order valence-corrected chi connectivity index (χ3v) is 4.91. The predicted molar refractivity (Wildman–Crippen MR) is 94.5 cm³/mol. The molecule has 3 aromatic heterocycles. The molecule has 4 heterocycles. The molecule has 3 N–H and O–H groups in total. The monoisotopic (exact) mass is 396 g/mol. The lowest BCUT2D eigenvalue weighted by Gasteiger charge is -2.18. The third-order valence-electron chi connectivity index (χ3n) is 4.91. The maximum atomic E-state index is 12.2. The second kappa shape index (κ2) is 7.06. The Morgan fingerprint density at radius 1 is 1.43 bits per heavy atom. The number of nitrogens with zero attached hydrogens (tertiary/aromatic N) is 4. The number of H-pyrrole nitrogens is 1. The van der Waals surface area contributed by atoms with Crippen LogP contribution in [0.5, 0.6) is 0 Å². The zero-order valence-corrected chi connectivity index (χ0v) is 14.8. The smallest absolute Gasteiger partial charge is 0.388 e. The van der Waals surface area contributed by atoms with Crippen LogP contribution in [0.2, 0.25) is 0 Å². The van der Waals surface area contributed by atoms with Gasteiger partial charge in [0.15, 0.2) is 0 Å². The normalized spacial score (nSPS) is 18.4. The minimum Gasteiger partial charge on any atom is -0.388 e. The number of carbonyl (C=O) groups is 1. The maximum Gasteiger partial charge on any atom is 0.405 e. The summed E-state index contributed by atoms with van der Waals surface area (Å²) in [6.07, 6.45) is -0.315. The summed E-state index contributed by atoms with van der Waals surface area (Å²) < 4.78 is 38.7. The van der Waals surface area contributed by atoms with Crippen molar-refractivity contribution in [3.63, 3.8) is 0 Å². The van der Waals surface area contributed by atoms with Crippen molar-refractivity contribution in [3.8, 4) is 0 Å². The molecule has 4 rings (SSSR count). The molecule has 0 aromatic carbocycles. The van der Waals surface area contributed by atoms with Crippen LogP contribution < -0.4 is 5.32 Å². The van der Waals surface area contributed by atoms with E-state index in [0.29, 0.717) is 36.5 Å². The summed E-state index contributed by atoms with van der Waals surface area (Å²) in [6.45, 7) is -0.636. The number of aliphatic hydroxyl groups excluding tert-OH is 1. The van der Waals surface area contributed by atoms with Gasteiger partial charge in [-0.1, -0.05) is 0 Å². The quantitative estimate of drug-likeness (QED) is 0.604. The minimum absolute atomic E-state index is 0.0527. The number of nitrogens with one attached hydrogen (secondary N) is 2. The molecule has 1 aliphatic rings. The van der Waals surface area contributed by atoms with E-state index < -0.39 is 18.6 Å². The van der Waals surface area contributed by atoms with Gasteiger partial charge in [0, 0.05) is 30.7 Å². The first kappa shape index (κ1) is 18.7. The van der Waals surface area contributed by atoms with Gasteiger partial charge in [0.2, 0.25) is 5.91 Å². The summed E-state index contributed by atoms with van der Waals surface area (Å²) in [7, 11) is 0. The van der Waals surface area contributed by atoms with Gasteiger partial charge < -0.3 is 20.0 Å². The Hall–Kier alpha value is -2.66. The first-order chi connectivity index (χ1) is 13.4. The molecule has 1 saturated heterocycles. The number of alkyl halides is 3. The number of rotatable bonds is 5. The molecule has 1 unspecified atom stereocenters. The van der Waals surface area contributed by atoms with Crippen LogP contribution in [-0.4, -0.2) is 67.8 Å². The Bertz CT molecular complexity index is 1010. The summed E-state index contributed by atoms with van der Waals surface area (Å²) in [5.41, 5.74) is 2.22. The number of aromatic nitrogens is 4.